The van der Waals surface area contributed by atoms with Gasteiger partial charge in [-0.2, -0.15) is 10.2 Å². The number of benzene rings is 1. The molecule has 7 heteroatoms. The first-order valence-corrected chi connectivity index (χ1v) is 8.34. The van der Waals surface area contributed by atoms with Crippen molar-refractivity contribution in [3.8, 4) is 17.5 Å². The number of nitrogens with zero attached hydrogens (tertiary/aromatic N) is 3. The highest BCUT2D eigenvalue weighted by Crippen LogP contribution is 2.32. The fourth-order valence-corrected chi connectivity index (χ4v) is 2.98. The minimum Gasteiger partial charge on any atom is -0.333 e. The number of hydrogen-bond donors (Lipinski definition) is 0. The minimum absolute atomic E-state index is 0.233. The third-order valence-electron chi connectivity index (χ3n) is 2.43. The maximum absolute atomic E-state index is 9.25. The van der Waals surface area contributed by atoms with Gasteiger partial charge in [0.15, 0.2) is 0 Å². The van der Waals surface area contributed by atoms with E-state index in [0.29, 0.717) is 16.4 Å². The highest BCUT2D eigenvalue weighted by Gasteiger charge is 2.16. The normalized spacial score (nSPS) is 10.1. The predicted molar refractivity (Wildman–Crippen MR) is 84.3 cm³/mol. The van der Waals surface area contributed by atoms with Crippen molar-refractivity contribution in [1.29, 1.82) is 5.26 Å². The molecule has 0 aliphatic carbocycles. The van der Waals surface area contributed by atoms with Gasteiger partial charge >= 0.3 is 0 Å². The van der Waals surface area contributed by atoms with E-state index < -0.39 is 0 Å². The van der Waals surface area contributed by atoms with Crippen LogP contribution in [0.2, 0.25) is 5.02 Å². The summed E-state index contributed by atoms with van der Waals surface area (Å²) in [6.45, 7) is 0. The largest absolute Gasteiger partial charge is 0.333 e. The molecule has 0 atom stereocenters. The molecule has 2 aromatic rings. The molecule has 0 radical (unpaired) electrons. The standard InChI is InChI=1S/C13H10ClN3OS2/c1-19-13(20-2)10(7-15)12-16-11(17-18-12)8-3-5-9(14)6-4-8/h3-6H,1-2H3. The van der Waals surface area contributed by atoms with Crippen molar-refractivity contribution in [2.24, 2.45) is 0 Å². The fraction of sp³-hybridized carbons (Fsp3) is 0.154. The summed E-state index contributed by atoms with van der Waals surface area (Å²) in [5.74, 6) is 0.669. The Balaban J connectivity index is 2.40. The molecule has 4 nitrogen and oxygen atoms in total. The summed E-state index contributed by atoms with van der Waals surface area (Å²) >= 11 is 8.79. The van der Waals surface area contributed by atoms with E-state index in [0.717, 1.165) is 9.80 Å². The van der Waals surface area contributed by atoms with Gasteiger partial charge in [-0.05, 0) is 36.8 Å². The van der Waals surface area contributed by atoms with Gasteiger partial charge in [0.1, 0.15) is 11.6 Å². The van der Waals surface area contributed by atoms with Gasteiger partial charge in [0.05, 0.1) is 4.24 Å². The summed E-state index contributed by atoms with van der Waals surface area (Å²) in [7, 11) is 0. The third kappa shape index (κ3) is 3.18. The Bertz CT molecular complexity index is 668. The molecule has 0 aliphatic heterocycles. The Morgan fingerprint density at radius 1 is 1.25 bits per heavy atom. The smallest absolute Gasteiger partial charge is 0.270 e. The van der Waals surface area contributed by atoms with Crippen molar-refractivity contribution < 1.29 is 4.52 Å². The first kappa shape index (κ1) is 15.0. The Labute approximate surface area is 130 Å². The zero-order chi connectivity index (χ0) is 14.5. The topological polar surface area (TPSA) is 62.7 Å². The second-order valence-electron chi connectivity index (χ2n) is 3.61. The van der Waals surface area contributed by atoms with Crippen LogP contribution in [0.5, 0.6) is 0 Å². The lowest BCUT2D eigenvalue weighted by Gasteiger charge is -1.99. The summed E-state index contributed by atoms with van der Waals surface area (Å²) in [4.78, 5) is 4.27. The molecule has 0 amide bonds. The molecule has 0 saturated heterocycles. The second-order valence-corrected chi connectivity index (χ2v) is 5.94. The first-order chi connectivity index (χ1) is 9.69. The molecule has 0 fully saturated rings. The van der Waals surface area contributed by atoms with Gasteiger partial charge in [0.2, 0.25) is 5.82 Å². The van der Waals surface area contributed by atoms with E-state index >= 15 is 0 Å². The monoisotopic (exact) mass is 323 g/mol. The van der Waals surface area contributed by atoms with Gasteiger partial charge in [-0.15, -0.1) is 23.5 Å². The quantitative estimate of drug-likeness (QED) is 0.781. The van der Waals surface area contributed by atoms with Crippen molar-refractivity contribution >= 4 is 40.7 Å². The molecular weight excluding hydrogens is 314 g/mol. The summed E-state index contributed by atoms with van der Waals surface area (Å²) in [6, 6.07) is 9.23. The van der Waals surface area contributed by atoms with E-state index in [4.69, 9.17) is 16.1 Å². The summed E-state index contributed by atoms with van der Waals surface area (Å²) in [6.07, 6.45) is 3.80. The average Bonchev–Trinajstić information content (AvgIpc) is 2.94. The molecule has 0 saturated carbocycles. The van der Waals surface area contributed by atoms with E-state index in [1.165, 1.54) is 23.5 Å². The molecule has 1 aromatic heterocycles. The molecule has 20 heavy (non-hydrogen) atoms. The molecule has 2 rings (SSSR count). The number of aromatic nitrogens is 2. The number of allylic oxidation sites excluding steroid dienone is 1. The molecule has 1 aromatic carbocycles. The van der Waals surface area contributed by atoms with Crippen LogP contribution in [0.25, 0.3) is 17.0 Å². The predicted octanol–water partition coefficient (Wildman–Crippen LogP) is 4.31. The van der Waals surface area contributed by atoms with Crippen molar-refractivity contribution in [1.82, 2.24) is 10.1 Å². The second kappa shape index (κ2) is 6.84. The Hall–Kier alpha value is -1.42. The van der Waals surface area contributed by atoms with Gasteiger partial charge in [-0.25, -0.2) is 0 Å². The number of rotatable bonds is 4. The summed E-state index contributed by atoms with van der Waals surface area (Å²) in [5, 5.41) is 13.8. The van der Waals surface area contributed by atoms with Crippen LogP contribution in [0.3, 0.4) is 0 Å². The maximum atomic E-state index is 9.25. The van der Waals surface area contributed by atoms with Crippen LogP contribution in [0.1, 0.15) is 5.89 Å². The van der Waals surface area contributed by atoms with Gasteiger partial charge in [-0.1, -0.05) is 16.8 Å². The number of hydrogen-bond acceptors (Lipinski definition) is 6. The lowest BCUT2D eigenvalue weighted by Crippen LogP contribution is -1.86. The molecule has 0 bridgehead atoms. The summed E-state index contributed by atoms with van der Waals surface area (Å²) in [5.41, 5.74) is 1.19. The van der Waals surface area contributed by atoms with Gasteiger partial charge in [-0.3, -0.25) is 0 Å². The molecular formula is C13H10ClN3OS2. The van der Waals surface area contributed by atoms with Crippen LogP contribution < -0.4 is 0 Å². The third-order valence-corrected chi connectivity index (χ3v) is 4.83. The van der Waals surface area contributed by atoms with E-state index in [2.05, 4.69) is 16.2 Å². The van der Waals surface area contributed by atoms with E-state index in [9.17, 15) is 5.26 Å². The van der Waals surface area contributed by atoms with Gasteiger partial charge in [0, 0.05) is 10.6 Å². The number of thioether (sulfide) groups is 2. The van der Waals surface area contributed by atoms with Crippen LogP contribution >= 0.6 is 35.1 Å². The lowest BCUT2D eigenvalue weighted by molar-refractivity contribution is 0.409. The van der Waals surface area contributed by atoms with Crippen LogP contribution in [-0.4, -0.2) is 22.7 Å². The highest BCUT2D eigenvalue weighted by molar-refractivity contribution is 8.21. The molecule has 0 N–H and O–H groups in total. The van der Waals surface area contributed by atoms with Gasteiger partial charge in [0.25, 0.3) is 5.89 Å². The highest BCUT2D eigenvalue weighted by atomic mass is 35.5. The lowest BCUT2D eigenvalue weighted by atomic mass is 10.2. The maximum Gasteiger partial charge on any atom is 0.270 e. The summed E-state index contributed by atoms with van der Waals surface area (Å²) < 4.78 is 6.03. The minimum atomic E-state index is 0.233. The van der Waals surface area contributed by atoms with Crippen molar-refractivity contribution in [3.05, 3.63) is 39.4 Å². The SMILES string of the molecule is CSC(SC)=C(C#N)c1nc(-c2ccc(Cl)cc2)no1. The average molecular weight is 324 g/mol. The first-order valence-electron chi connectivity index (χ1n) is 5.52. The van der Waals surface area contributed by atoms with Crippen molar-refractivity contribution in [2.75, 3.05) is 12.5 Å². The molecule has 0 unspecified atom stereocenters. The Morgan fingerprint density at radius 3 is 2.45 bits per heavy atom. The van der Waals surface area contributed by atoms with E-state index in [1.54, 1.807) is 24.3 Å². The van der Waals surface area contributed by atoms with Crippen LogP contribution in [0.15, 0.2) is 33.0 Å². The van der Waals surface area contributed by atoms with E-state index in [-0.39, 0.29) is 5.89 Å². The van der Waals surface area contributed by atoms with Crippen molar-refractivity contribution in [3.63, 3.8) is 0 Å². The zero-order valence-corrected chi connectivity index (χ0v) is 13.1. The number of halogens is 1. The number of nitriles is 1. The van der Waals surface area contributed by atoms with Crippen molar-refractivity contribution in [2.45, 2.75) is 0 Å². The zero-order valence-electron chi connectivity index (χ0n) is 10.8. The van der Waals surface area contributed by atoms with Crippen LogP contribution in [0, 0.1) is 11.3 Å². The molecule has 0 aliphatic rings. The Morgan fingerprint density at radius 2 is 1.90 bits per heavy atom. The molecule has 102 valence electrons. The molecule has 1 heterocycles. The van der Waals surface area contributed by atoms with Crippen LogP contribution in [0.4, 0.5) is 0 Å². The fourth-order valence-electron chi connectivity index (χ4n) is 1.51. The van der Waals surface area contributed by atoms with Gasteiger partial charge < -0.3 is 4.52 Å². The van der Waals surface area contributed by atoms with Crippen LogP contribution in [-0.2, 0) is 0 Å². The molecule has 0 spiro atoms. The van der Waals surface area contributed by atoms with E-state index in [1.807, 2.05) is 12.5 Å². The Kier molecular flexibility index (Phi) is 5.12.